The Morgan fingerprint density at radius 3 is 2.37 bits per heavy atom. The fourth-order valence-corrected chi connectivity index (χ4v) is 1.42. The molecule has 19 heavy (non-hydrogen) atoms. The topological polar surface area (TPSA) is 59.3 Å². The molecule has 0 aliphatic carbocycles. The van der Waals surface area contributed by atoms with Gasteiger partial charge >= 0.3 is 5.97 Å². The van der Waals surface area contributed by atoms with Crippen LogP contribution in [0.4, 0.5) is 0 Å². The van der Waals surface area contributed by atoms with Crippen LogP contribution in [0.5, 0.6) is 5.75 Å². The van der Waals surface area contributed by atoms with Crippen LogP contribution in [0.3, 0.4) is 0 Å². The van der Waals surface area contributed by atoms with Crippen molar-refractivity contribution in [1.82, 2.24) is 0 Å². The lowest BCUT2D eigenvalue weighted by molar-refractivity contribution is -0.135. The second-order valence-electron chi connectivity index (χ2n) is 3.77. The van der Waals surface area contributed by atoms with Gasteiger partial charge in [-0.1, -0.05) is 24.3 Å². The second-order valence-corrected chi connectivity index (χ2v) is 3.77. The molecule has 0 fully saturated rings. The third-order valence-electron chi connectivity index (χ3n) is 2.54. The third-order valence-corrected chi connectivity index (χ3v) is 2.54. The molecule has 0 aromatic heterocycles. The zero-order chi connectivity index (χ0) is 14.3. The van der Waals surface area contributed by atoms with E-state index in [0.29, 0.717) is 5.57 Å². The lowest BCUT2D eigenvalue weighted by atomic mass is 10.1. The Kier molecular flexibility index (Phi) is 5.36. The minimum atomic E-state index is -0.626. The molecule has 0 spiro atoms. The summed E-state index contributed by atoms with van der Waals surface area (Å²) in [6.45, 7) is 1.69. The van der Waals surface area contributed by atoms with Gasteiger partial charge in [0.2, 0.25) is 0 Å². The molecular formula is C15H15NO3. The highest BCUT2D eigenvalue weighted by atomic mass is 16.5. The van der Waals surface area contributed by atoms with Crippen molar-refractivity contribution < 1.29 is 14.3 Å². The summed E-state index contributed by atoms with van der Waals surface area (Å²) in [6, 6.07) is 9.28. The summed E-state index contributed by atoms with van der Waals surface area (Å²) in [6.07, 6.45) is 3.52. The summed E-state index contributed by atoms with van der Waals surface area (Å²) in [7, 11) is 2.85. The van der Waals surface area contributed by atoms with E-state index in [-0.39, 0.29) is 5.57 Å². The first-order chi connectivity index (χ1) is 9.12. The molecule has 0 unspecified atom stereocenters. The molecule has 0 radical (unpaired) electrons. The van der Waals surface area contributed by atoms with Crippen LogP contribution in [0.25, 0.3) is 6.08 Å². The number of hydrogen-bond acceptors (Lipinski definition) is 4. The van der Waals surface area contributed by atoms with Crippen LogP contribution in [0, 0.1) is 11.3 Å². The summed E-state index contributed by atoms with van der Waals surface area (Å²) in [5.74, 6) is 0.149. The molecule has 1 rings (SSSR count). The third kappa shape index (κ3) is 4.00. The normalized spacial score (nSPS) is 11.7. The largest absolute Gasteiger partial charge is 0.497 e. The van der Waals surface area contributed by atoms with E-state index in [4.69, 9.17) is 10.00 Å². The van der Waals surface area contributed by atoms with E-state index < -0.39 is 5.97 Å². The smallest absolute Gasteiger partial charge is 0.348 e. The molecule has 1 aromatic carbocycles. The number of benzene rings is 1. The monoisotopic (exact) mass is 257 g/mol. The van der Waals surface area contributed by atoms with Gasteiger partial charge in [0.15, 0.2) is 0 Å². The summed E-state index contributed by atoms with van der Waals surface area (Å²) in [5.41, 5.74) is 1.51. The molecule has 4 nitrogen and oxygen atoms in total. The van der Waals surface area contributed by atoms with Crippen molar-refractivity contribution in [2.45, 2.75) is 6.92 Å². The van der Waals surface area contributed by atoms with Crippen LogP contribution in [0.1, 0.15) is 12.5 Å². The molecule has 0 atom stereocenters. The van der Waals surface area contributed by atoms with Crippen LogP contribution in [-0.2, 0) is 9.53 Å². The van der Waals surface area contributed by atoms with Crippen molar-refractivity contribution in [3.8, 4) is 11.8 Å². The molecular weight excluding hydrogens is 242 g/mol. The Bertz CT molecular complexity index is 548. The Balaban J connectivity index is 2.93. The van der Waals surface area contributed by atoms with Gasteiger partial charge in [-0.3, -0.25) is 0 Å². The number of esters is 1. The number of nitrogens with zero attached hydrogens (tertiary/aromatic N) is 1. The van der Waals surface area contributed by atoms with E-state index in [1.54, 1.807) is 20.1 Å². The summed E-state index contributed by atoms with van der Waals surface area (Å²) >= 11 is 0. The molecule has 0 amide bonds. The van der Waals surface area contributed by atoms with E-state index in [9.17, 15) is 4.79 Å². The first-order valence-corrected chi connectivity index (χ1v) is 5.63. The standard InChI is InChI=1S/C15H15NO3/c1-11(14(10-16)15(17)19-3)4-5-12-6-8-13(18-2)9-7-12/h4-9H,1-3H3/b5-4-,14-11-. The van der Waals surface area contributed by atoms with Crippen LogP contribution in [0.2, 0.25) is 0 Å². The lowest BCUT2D eigenvalue weighted by Gasteiger charge is -2.00. The van der Waals surface area contributed by atoms with Crippen molar-refractivity contribution in [2.75, 3.05) is 14.2 Å². The molecule has 4 heteroatoms. The summed E-state index contributed by atoms with van der Waals surface area (Å²) in [5, 5.41) is 8.90. The van der Waals surface area contributed by atoms with Crippen molar-refractivity contribution in [1.29, 1.82) is 5.26 Å². The predicted molar refractivity (Wildman–Crippen MR) is 72.4 cm³/mol. The Morgan fingerprint density at radius 2 is 1.89 bits per heavy atom. The molecule has 1 aromatic rings. The molecule has 0 saturated carbocycles. The van der Waals surface area contributed by atoms with Gasteiger partial charge in [0.05, 0.1) is 14.2 Å². The van der Waals surface area contributed by atoms with Gasteiger partial charge in [0, 0.05) is 0 Å². The fourth-order valence-electron chi connectivity index (χ4n) is 1.42. The molecule has 0 heterocycles. The molecule has 98 valence electrons. The van der Waals surface area contributed by atoms with Gasteiger partial charge in [-0.05, 0) is 30.2 Å². The van der Waals surface area contributed by atoms with Crippen molar-refractivity contribution in [3.05, 3.63) is 47.1 Å². The average Bonchev–Trinajstić information content (AvgIpc) is 2.46. The number of nitriles is 1. The quantitative estimate of drug-likeness (QED) is 0.360. The second kappa shape index (κ2) is 7.02. The Labute approximate surface area is 112 Å². The average molecular weight is 257 g/mol. The summed E-state index contributed by atoms with van der Waals surface area (Å²) < 4.78 is 9.60. The molecule has 0 aliphatic heterocycles. The van der Waals surface area contributed by atoms with E-state index in [1.165, 1.54) is 7.11 Å². The highest BCUT2D eigenvalue weighted by Gasteiger charge is 2.10. The highest BCUT2D eigenvalue weighted by Crippen LogP contribution is 2.14. The van der Waals surface area contributed by atoms with Gasteiger partial charge < -0.3 is 9.47 Å². The van der Waals surface area contributed by atoms with Gasteiger partial charge in [-0.2, -0.15) is 5.26 Å². The first kappa shape index (κ1) is 14.5. The van der Waals surface area contributed by atoms with Crippen molar-refractivity contribution in [2.24, 2.45) is 0 Å². The van der Waals surface area contributed by atoms with Crippen molar-refractivity contribution in [3.63, 3.8) is 0 Å². The zero-order valence-electron chi connectivity index (χ0n) is 11.1. The molecule has 0 aliphatic rings. The van der Waals surface area contributed by atoms with Crippen LogP contribution >= 0.6 is 0 Å². The van der Waals surface area contributed by atoms with Crippen LogP contribution < -0.4 is 4.74 Å². The van der Waals surface area contributed by atoms with Gasteiger partial charge in [0.1, 0.15) is 17.4 Å². The summed E-state index contributed by atoms with van der Waals surface area (Å²) in [4.78, 5) is 11.3. The number of ether oxygens (including phenoxy) is 2. The number of methoxy groups -OCH3 is 2. The highest BCUT2D eigenvalue weighted by molar-refractivity contribution is 5.94. The molecule has 0 bridgehead atoms. The predicted octanol–water partition coefficient (Wildman–Crippen LogP) is 2.72. The number of allylic oxidation sites excluding steroid dienone is 2. The van der Waals surface area contributed by atoms with Gasteiger partial charge in [-0.25, -0.2) is 4.79 Å². The SMILES string of the molecule is COC(=O)/C(C#N)=C(C)\C=C/c1ccc(OC)cc1. The molecule has 0 saturated heterocycles. The van der Waals surface area contributed by atoms with E-state index in [1.807, 2.05) is 36.4 Å². The van der Waals surface area contributed by atoms with E-state index in [0.717, 1.165) is 11.3 Å². The Hall–Kier alpha value is -2.54. The number of hydrogen-bond donors (Lipinski definition) is 0. The minimum Gasteiger partial charge on any atom is -0.497 e. The maximum Gasteiger partial charge on any atom is 0.348 e. The van der Waals surface area contributed by atoms with E-state index >= 15 is 0 Å². The van der Waals surface area contributed by atoms with Gasteiger partial charge in [-0.15, -0.1) is 0 Å². The van der Waals surface area contributed by atoms with E-state index in [2.05, 4.69) is 4.74 Å². The maximum atomic E-state index is 11.3. The zero-order valence-corrected chi connectivity index (χ0v) is 11.1. The fraction of sp³-hybridized carbons (Fsp3) is 0.200. The maximum absolute atomic E-state index is 11.3. The van der Waals surface area contributed by atoms with Crippen molar-refractivity contribution >= 4 is 12.0 Å². The lowest BCUT2D eigenvalue weighted by Crippen LogP contribution is -2.04. The Morgan fingerprint density at radius 1 is 1.26 bits per heavy atom. The number of rotatable bonds is 4. The number of carbonyl (C=O) groups excluding carboxylic acids is 1. The van der Waals surface area contributed by atoms with Crippen LogP contribution in [-0.4, -0.2) is 20.2 Å². The first-order valence-electron chi connectivity index (χ1n) is 5.63. The number of carbonyl (C=O) groups is 1. The van der Waals surface area contributed by atoms with Crippen LogP contribution in [0.15, 0.2) is 41.5 Å². The minimum absolute atomic E-state index is 0.00672. The molecule has 0 N–H and O–H groups in total. The van der Waals surface area contributed by atoms with Gasteiger partial charge in [0.25, 0.3) is 0 Å².